The van der Waals surface area contributed by atoms with Crippen molar-refractivity contribution in [3.8, 4) is 5.75 Å². The lowest BCUT2D eigenvalue weighted by Crippen LogP contribution is -1.89. The molecule has 0 unspecified atom stereocenters. The zero-order chi connectivity index (χ0) is 10.3. The Morgan fingerprint density at radius 3 is 2.54 bits per heavy atom. The van der Waals surface area contributed by atoms with E-state index in [1.165, 1.54) is 0 Å². The molecule has 1 aromatic rings. The van der Waals surface area contributed by atoms with Crippen molar-refractivity contribution in [1.29, 1.82) is 0 Å². The highest BCUT2D eigenvalue weighted by atomic mass is 16.5. The average molecular weight is 182 g/mol. The molecule has 0 spiro atoms. The van der Waals surface area contributed by atoms with Crippen LogP contribution in [0.4, 0.5) is 0 Å². The lowest BCUT2D eigenvalue weighted by atomic mass is 10.1. The van der Waals surface area contributed by atoms with Crippen molar-refractivity contribution in [1.82, 2.24) is 0 Å². The summed E-state index contributed by atoms with van der Waals surface area (Å²) in [5.41, 5.74) is 1.97. The Kier molecular flexibility index (Phi) is 5.55. The molecule has 0 aliphatic carbocycles. The molecule has 0 saturated carbocycles. The summed E-state index contributed by atoms with van der Waals surface area (Å²) in [4.78, 5) is 8.00. The highest BCUT2D eigenvalue weighted by Crippen LogP contribution is 2.18. The number of hydrogen-bond acceptors (Lipinski definition) is 3. The van der Waals surface area contributed by atoms with Crippen LogP contribution in [0.5, 0.6) is 5.75 Å². The number of carbonyl (C=O) groups is 1. The second kappa shape index (κ2) is 6.20. The maximum absolute atomic E-state index is 8.79. The number of methoxy groups -OCH3 is 1. The Morgan fingerprint density at radius 1 is 1.46 bits per heavy atom. The Hall–Kier alpha value is -1.35. The molecule has 0 aliphatic heterocycles. The van der Waals surface area contributed by atoms with Gasteiger partial charge in [-0.3, -0.25) is 0 Å². The number of carbonyl (C=O) groups excluding carboxylic acids is 1. The fraction of sp³-hybridized carbons (Fsp3) is 0.300. The molecule has 0 heterocycles. The zero-order valence-corrected chi connectivity index (χ0v) is 7.91. The lowest BCUT2D eigenvalue weighted by molar-refractivity contribution is -0.0979. The van der Waals surface area contributed by atoms with E-state index < -0.39 is 0 Å². The van der Waals surface area contributed by atoms with Crippen molar-refractivity contribution in [2.75, 3.05) is 7.11 Å². The first-order valence-corrected chi connectivity index (χ1v) is 3.81. The van der Waals surface area contributed by atoms with E-state index in [-0.39, 0.29) is 6.61 Å². The number of aryl methyl sites for hydroxylation is 1. The number of aliphatic hydroxyl groups excluding tert-OH is 1. The van der Waals surface area contributed by atoms with Crippen LogP contribution in [-0.4, -0.2) is 19.0 Å². The van der Waals surface area contributed by atoms with E-state index in [0.717, 1.165) is 16.9 Å². The SMILES string of the molecule is C=O.COc1cc(CO)ccc1C. The summed E-state index contributed by atoms with van der Waals surface area (Å²) in [6.07, 6.45) is 0. The van der Waals surface area contributed by atoms with Crippen molar-refractivity contribution < 1.29 is 14.6 Å². The standard InChI is InChI=1S/C9H12O2.CH2O/c1-7-3-4-8(6-10)5-9(7)11-2;1-2/h3-5,10H,6H2,1-2H3;1H2. The lowest BCUT2D eigenvalue weighted by Gasteiger charge is -2.05. The van der Waals surface area contributed by atoms with Gasteiger partial charge in [-0.25, -0.2) is 0 Å². The van der Waals surface area contributed by atoms with Crippen LogP contribution in [0.1, 0.15) is 11.1 Å². The third-order valence-corrected chi connectivity index (χ3v) is 1.66. The van der Waals surface area contributed by atoms with Gasteiger partial charge in [-0.15, -0.1) is 0 Å². The van der Waals surface area contributed by atoms with Gasteiger partial charge in [-0.1, -0.05) is 12.1 Å². The summed E-state index contributed by atoms with van der Waals surface area (Å²) >= 11 is 0. The van der Waals surface area contributed by atoms with E-state index in [2.05, 4.69) is 0 Å². The highest BCUT2D eigenvalue weighted by molar-refractivity contribution is 5.36. The van der Waals surface area contributed by atoms with E-state index in [0.29, 0.717) is 0 Å². The molecule has 0 radical (unpaired) electrons. The molecule has 0 fully saturated rings. The van der Waals surface area contributed by atoms with Gasteiger partial charge >= 0.3 is 0 Å². The monoisotopic (exact) mass is 182 g/mol. The minimum absolute atomic E-state index is 0.0661. The Morgan fingerprint density at radius 2 is 2.08 bits per heavy atom. The maximum atomic E-state index is 8.79. The summed E-state index contributed by atoms with van der Waals surface area (Å²) < 4.78 is 5.08. The van der Waals surface area contributed by atoms with Gasteiger partial charge in [0.1, 0.15) is 12.5 Å². The van der Waals surface area contributed by atoms with Crippen molar-refractivity contribution in [3.05, 3.63) is 29.3 Å². The molecule has 0 saturated heterocycles. The van der Waals surface area contributed by atoms with Crippen LogP contribution in [0, 0.1) is 6.92 Å². The van der Waals surface area contributed by atoms with Gasteiger partial charge in [0.2, 0.25) is 0 Å². The molecule has 0 aromatic heterocycles. The predicted octanol–water partition coefficient (Wildman–Crippen LogP) is 1.31. The van der Waals surface area contributed by atoms with E-state index in [4.69, 9.17) is 14.6 Å². The average Bonchev–Trinajstić information content (AvgIpc) is 2.22. The van der Waals surface area contributed by atoms with E-state index in [9.17, 15) is 0 Å². The van der Waals surface area contributed by atoms with Gasteiger partial charge in [0.15, 0.2) is 0 Å². The minimum Gasteiger partial charge on any atom is -0.496 e. The quantitative estimate of drug-likeness (QED) is 0.750. The molecule has 72 valence electrons. The third kappa shape index (κ3) is 3.25. The fourth-order valence-corrected chi connectivity index (χ4v) is 0.963. The van der Waals surface area contributed by atoms with E-state index in [1.807, 2.05) is 31.9 Å². The van der Waals surface area contributed by atoms with Gasteiger partial charge in [0.05, 0.1) is 13.7 Å². The van der Waals surface area contributed by atoms with E-state index in [1.54, 1.807) is 7.11 Å². The molecule has 0 bridgehead atoms. The van der Waals surface area contributed by atoms with Crippen molar-refractivity contribution in [2.24, 2.45) is 0 Å². The van der Waals surface area contributed by atoms with Crippen LogP contribution >= 0.6 is 0 Å². The normalized spacial score (nSPS) is 8.54. The Bertz CT molecular complexity index is 258. The molecule has 0 aliphatic rings. The summed E-state index contributed by atoms with van der Waals surface area (Å²) in [6.45, 7) is 4.04. The summed E-state index contributed by atoms with van der Waals surface area (Å²) in [5.74, 6) is 0.830. The number of hydrogen-bond donors (Lipinski definition) is 1. The molecule has 0 atom stereocenters. The van der Waals surface area contributed by atoms with E-state index >= 15 is 0 Å². The molecule has 0 amide bonds. The van der Waals surface area contributed by atoms with Gasteiger partial charge in [-0.2, -0.15) is 0 Å². The van der Waals surface area contributed by atoms with Crippen molar-refractivity contribution in [3.63, 3.8) is 0 Å². The third-order valence-electron chi connectivity index (χ3n) is 1.66. The molecule has 1 rings (SSSR count). The first-order chi connectivity index (χ1) is 6.27. The van der Waals surface area contributed by atoms with Crippen molar-refractivity contribution >= 4 is 6.79 Å². The summed E-state index contributed by atoms with van der Waals surface area (Å²) in [5, 5.41) is 8.79. The number of ether oxygens (including phenoxy) is 1. The Balaban J connectivity index is 0.000000671. The van der Waals surface area contributed by atoms with Crippen molar-refractivity contribution in [2.45, 2.75) is 13.5 Å². The van der Waals surface area contributed by atoms with Crippen LogP contribution in [-0.2, 0) is 11.4 Å². The molecule has 1 aromatic carbocycles. The summed E-state index contributed by atoms with van der Waals surface area (Å²) in [6, 6.07) is 5.66. The highest BCUT2D eigenvalue weighted by Gasteiger charge is 1.97. The van der Waals surface area contributed by atoms with Crippen LogP contribution in [0.2, 0.25) is 0 Å². The zero-order valence-electron chi connectivity index (χ0n) is 7.91. The van der Waals surface area contributed by atoms with Gasteiger partial charge in [0, 0.05) is 0 Å². The smallest absolute Gasteiger partial charge is 0.122 e. The predicted molar refractivity (Wildman–Crippen MR) is 50.8 cm³/mol. The summed E-state index contributed by atoms with van der Waals surface area (Å²) in [7, 11) is 1.63. The van der Waals surface area contributed by atoms with Crippen LogP contribution in [0.3, 0.4) is 0 Å². The molecular formula is C10H14O3. The second-order valence-corrected chi connectivity index (χ2v) is 2.46. The van der Waals surface area contributed by atoms with Gasteiger partial charge in [0.25, 0.3) is 0 Å². The number of benzene rings is 1. The second-order valence-electron chi connectivity index (χ2n) is 2.46. The fourth-order valence-electron chi connectivity index (χ4n) is 0.963. The molecule has 3 nitrogen and oxygen atoms in total. The molecular weight excluding hydrogens is 168 g/mol. The molecule has 3 heteroatoms. The molecule has 1 N–H and O–H groups in total. The number of aliphatic hydroxyl groups is 1. The number of rotatable bonds is 2. The van der Waals surface area contributed by atoms with Gasteiger partial charge in [-0.05, 0) is 24.1 Å². The first kappa shape index (κ1) is 11.6. The van der Waals surface area contributed by atoms with Crippen LogP contribution in [0.25, 0.3) is 0 Å². The first-order valence-electron chi connectivity index (χ1n) is 3.81. The molecule has 13 heavy (non-hydrogen) atoms. The Labute approximate surface area is 78.0 Å². The van der Waals surface area contributed by atoms with Gasteiger partial charge < -0.3 is 14.6 Å². The largest absolute Gasteiger partial charge is 0.496 e. The van der Waals surface area contributed by atoms with Crippen LogP contribution < -0.4 is 4.74 Å². The minimum atomic E-state index is 0.0661. The maximum Gasteiger partial charge on any atom is 0.122 e. The topological polar surface area (TPSA) is 46.5 Å². The van der Waals surface area contributed by atoms with Crippen LogP contribution in [0.15, 0.2) is 18.2 Å².